The molecule has 0 spiro atoms. The van der Waals surface area contributed by atoms with Gasteiger partial charge in [-0.3, -0.25) is 0 Å². The molecule has 4 nitrogen and oxygen atoms in total. The zero-order valence-electron chi connectivity index (χ0n) is 10.8. The highest BCUT2D eigenvalue weighted by molar-refractivity contribution is 5.18. The molecule has 1 aromatic heterocycles. The summed E-state index contributed by atoms with van der Waals surface area (Å²) in [6.45, 7) is 4.19. The van der Waals surface area contributed by atoms with Gasteiger partial charge in [-0.1, -0.05) is 55.8 Å². The van der Waals surface area contributed by atoms with Crippen LogP contribution in [-0.2, 0) is 6.42 Å². The summed E-state index contributed by atoms with van der Waals surface area (Å²) in [7, 11) is 0. The second-order valence-corrected chi connectivity index (χ2v) is 4.62. The first kappa shape index (κ1) is 12.8. The van der Waals surface area contributed by atoms with Crippen LogP contribution < -0.4 is 5.73 Å². The molecule has 0 bridgehead atoms. The molecule has 1 aromatic carbocycles. The lowest BCUT2D eigenvalue weighted by molar-refractivity contribution is 0.310. The van der Waals surface area contributed by atoms with Crippen LogP contribution in [0, 0.1) is 5.92 Å². The average Bonchev–Trinajstić information content (AvgIpc) is 2.86. The van der Waals surface area contributed by atoms with E-state index in [4.69, 9.17) is 10.3 Å². The Balaban J connectivity index is 2.07. The van der Waals surface area contributed by atoms with Gasteiger partial charge >= 0.3 is 0 Å². The third-order valence-electron chi connectivity index (χ3n) is 3.23. The molecule has 96 valence electrons. The molecule has 2 aromatic rings. The summed E-state index contributed by atoms with van der Waals surface area (Å²) in [5, 5.41) is 3.98. The second kappa shape index (κ2) is 5.78. The number of nitrogens with two attached hydrogens (primary N) is 1. The minimum absolute atomic E-state index is 0.174. The predicted octanol–water partition coefficient (Wildman–Crippen LogP) is 2.71. The molecule has 0 radical (unpaired) electrons. The summed E-state index contributed by atoms with van der Waals surface area (Å²) in [4.78, 5) is 4.37. The van der Waals surface area contributed by atoms with E-state index in [1.165, 1.54) is 5.56 Å². The van der Waals surface area contributed by atoms with Crippen LogP contribution in [0.2, 0.25) is 0 Å². The number of benzene rings is 1. The van der Waals surface area contributed by atoms with E-state index >= 15 is 0 Å². The molecule has 2 atom stereocenters. The Kier molecular flexibility index (Phi) is 4.10. The van der Waals surface area contributed by atoms with Gasteiger partial charge in [0.1, 0.15) is 0 Å². The summed E-state index contributed by atoms with van der Waals surface area (Å²) in [6, 6.07) is 9.91. The maximum Gasteiger partial charge on any atom is 0.243 e. The van der Waals surface area contributed by atoms with Crippen LogP contribution in [0.5, 0.6) is 0 Å². The first-order valence-corrected chi connectivity index (χ1v) is 6.32. The van der Waals surface area contributed by atoms with Crippen molar-refractivity contribution < 1.29 is 4.52 Å². The maximum atomic E-state index is 6.06. The lowest BCUT2D eigenvalue weighted by Crippen LogP contribution is -2.18. The van der Waals surface area contributed by atoms with Crippen molar-refractivity contribution in [2.75, 3.05) is 0 Å². The van der Waals surface area contributed by atoms with E-state index in [1.807, 2.05) is 30.3 Å². The normalized spacial score (nSPS) is 14.4. The van der Waals surface area contributed by atoms with Crippen molar-refractivity contribution >= 4 is 0 Å². The SMILES string of the molecule is CC[C@H](C)[C@H](N)c1nc(Cc2ccccc2)no1. The molecule has 18 heavy (non-hydrogen) atoms. The van der Waals surface area contributed by atoms with Crippen molar-refractivity contribution in [1.29, 1.82) is 0 Å². The highest BCUT2D eigenvalue weighted by atomic mass is 16.5. The van der Waals surface area contributed by atoms with Crippen LogP contribution in [0.3, 0.4) is 0 Å². The van der Waals surface area contributed by atoms with Crippen molar-refractivity contribution in [2.24, 2.45) is 11.7 Å². The molecule has 0 saturated heterocycles. The number of rotatable bonds is 5. The zero-order valence-corrected chi connectivity index (χ0v) is 10.8. The van der Waals surface area contributed by atoms with Gasteiger partial charge in [0.2, 0.25) is 5.89 Å². The quantitative estimate of drug-likeness (QED) is 0.879. The molecule has 0 unspecified atom stereocenters. The highest BCUT2D eigenvalue weighted by Gasteiger charge is 2.19. The first-order valence-electron chi connectivity index (χ1n) is 6.32. The van der Waals surface area contributed by atoms with Crippen molar-refractivity contribution in [3.63, 3.8) is 0 Å². The first-order chi connectivity index (χ1) is 8.70. The van der Waals surface area contributed by atoms with Crippen LogP contribution in [0.25, 0.3) is 0 Å². The van der Waals surface area contributed by atoms with E-state index in [1.54, 1.807) is 0 Å². The standard InChI is InChI=1S/C14H19N3O/c1-3-10(2)13(15)14-16-12(17-18-14)9-11-7-5-4-6-8-11/h4-8,10,13H,3,9,15H2,1-2H3/t10-,13-/m0/s1. The van der Waals surface area contributed by atoms with Crippen LogP contribution in [0.1, 0.15) is 43.6 Å². The summed E-state index contributed by atoms with van der Waals surface area (Å²) < 4.78 is 5.24. The van der Waals surface area contributed by atoms with Gasteiger partial charge in [-0.2, -0.15) is 4.98 Å². The Bertz CT molecular complexity index is 481. The summed E-state index contributed by atoms with van der Waals surface area (Å²) in [5.41, 5.74) is 7.23. The lowest BCUT2D eigenvalue weighted by Gasteiger charge is -2.12. The van der Waals surface area contributed by atoms with E-state index in [2.05, 4.69) is 24.0 Å². The molecule has 0 aliphatic rings. The van der Waals surface area contributed by atoms with Crippen LogP contribution >= 0.6 is 0 Å². The topological polar surface area (TPSA) is 64.9 Å². The Morgan fingerprint density at radius 2 is 2.00 bits per heavy atom. The van der Waals surface area contributed by atoms with Gasteiger partial charge in [-0.25, -0.2) is 0 Å². The predicted molar refractivity (Wildman–Crippen MR) is 69.9 cm³/mol. The monoisotopic (exact) mass is 245 g/mol. The molecule has 0 saturated carbocycles. The van der Waals surface area contributed by atoms with Crippen LogP contribution in [0.15, 0.2) is 34.9 Å². The van der Waals surface area contributed by atoms with E-state index < -0.39 is 0 Å². The Hall–Kier alpha value is -1.68. The molecule has 0 aliphatic carbocycles. The number of hydrogen-bond donors (Lipinski definition) is 1. The van der Waals surface area contributed by atoms with Gasteiger partial charge in [0.05, 0.1) is 6.04 Å². The van der Waals surface area contributed by atoms with Gasteiger partial charge in [0.15, 0.2) is 5.82 Å². The minimum atomic E-state index is -0.174. The molecule has 0 fully saturated rings. The van der Waals surface area contributed by atoms with Crippen LogP contribution in [-0.4, -0.2) is 10.1 Å². The Labute approximate surface area is 107 Å². The van der Waals surface area contributed by atoms with Crippen molar-refractivity contribution in [3.05, 3.63) is 47.6 Å². The number of hydrogen-bond acceptors (Lipinski definition) is 4. The van der Waals surface area contributed by atoms with Crippen LogP contribution in [0.4, 0.5) is 0 Å². The smallest absolute Gasteiger partial charge is 0.243 e. The fourth-order valence-electron chi connectivity index (χ4n) is 1.75. The third-order valence-corrected chi connectivity index (χ3v) is 3.23. The molecular weight excluding hydrogens is 226 g/mol. The number of aromatic nitrogens is 2. The molecule has 4 heteroatoms. The van der Waals surface area contributed by atoms with Gasteiger partial charge in [-0.05, 0) is 11.5 Å². The third kappa shape index (κ3) is 2.96. The van der Waals surface area contributed by atoms with Gasteiger partial charge in [-0.15, -0.1) is 0 Å². The molecule has 1 heterocycles. The fraction of sp³-hybridized carbons (Fsp3) is 0.429. The highest BCUT2D eigenvalue weighted by Crippen LogP contribution is 2.20. The Morgan fingerprint density at radius 3 is 2.67 bits per heavy atom. The van der Waals surface area contributed by atoms with Gasteiger partial charge in [0.25, 0.3) is 0 Å². The molecular formula is C14H19N3O. The van der Waals surface area contributed by atoms with Crippen molar-refractivity contribution in [3.8, 4) is 0 Å². The zero-order chi connectivity index (χ0) is 13.0. The van der Waals surface area contributed by atoms with Gasteiger partial charge < -0.3 is 10.3 Å². The van der Waals surface area contributed by atoms with Crippen molar-refractivity contribution in [1.82, 2.24) is 10.1 Å². The molecule has 0 aliphatic heterocycles. The van der Waals surface area contributed by atoms with E-state index in [9.17, 15) is 0 Å². The maximum absolute atomic E-state index is 6.06. The number of nitrogens with zero attached hydrogens (tertiary/aromatic N) is 2. The molecule has 2 rings (SSSR count). The Morgan fingerprint density at radius 1 is 1.28 bits per heavy atom. The molecule has 0 amide bonds. The molecule has 2 N–H and O–H groups in total. The minimum Gasteiger partial charge on any atom is -0.338 e. The summed E-state index contributed by atoms with van der Waals surface area (Å²) in [6.07, 6.45) is 1.68. The van der Waals surface area contributed by atoms with E-state index in [0.717, 1.165) is 6.42 Å². The van der Waals surface area contributed by atoms with Crippen molar-refractivity contribution in [2.45, 2.75) is 32.7 Å². The summed E-state index contributed by atoms with van der Waals surface area (Å²) >= 11 is 0. The summed E-state index contributed by atoms with van der Waals surface area (Å²) in [5.74, 6) is 1.57. The van der Waals surface area contributed by atoms with Gasteiger partial charge in [0, 0.05) is 6.42 Å². The fourth-order valence-corrected chi connectivity index (χ4v) is 1.75. The van der Waals surface area contributed by atoms with E-state index in [0.29, 0.717) is 24.1 Å². The van der Waals surface area contributed by atoms with E-state index in [-0.39, 0.29) is 6.04 Å². The largest absolute Gasteiger partial charge is 0.338 e. The average molecular weight is 245 g/mol. The second-order valence-electron chi connectivity index (χ2n) is 4.62. The lowest BCUT2D eigenvalue weighted by atomic mass is 10.0.